The summed E-state index contributed by atoms with van der Waals surface area (Å²) in [6.45, 7) is 3.16. The molecule has 0 spiro atoms. The predicted octanol–water partition coefficient (Wildman–Crippen LogP) is -3.60. The zero-order valence-corrected chi connectivity index (χ0v) is 9.81. The second kappa shape index (κ2) is 5.41. The molecule has 3 heteroatoms. The van der Waals surface area contributed by atoms with Crippen LogP contribution in [0, 0.1) is 5.92 Å². The topological polar surface area (TPSA) is 40.1 Å². The number of hydrogen-bond donors (Lipinski definition) is 0. The molecule has 0 saturated carbocycles. The standard InChI is InChI=1S/C4H8O2.Rb/c1-3(2)4(5)6;/h3H,1-2H3,(H,5,6);/q;+1/p-1. The minimum Gasteiger partial charge on any atom is -0.550 e. The fourth-order valence-corrected chi connectivity index (χ4v) is 0. The number of hydrogen-bond acceptors (Lipinski definition) is 2. The number of aliphatic carboxylic acids is 1. The molecule has 0 aromatic carbocycles. The van der Waals surface area contributed by atoms with E-state index in [9.17, 15) is 9.90 Å². The summed E-state index contributed by atoms with van der Waals surface area (Å²) in [5.74, 6) is -1.33. The summed E-state index contributed by atoms with van der Waals surface area (Å²) in [5, 5.41) is 9.59. The zero-order valence-electron chi connectivity index (χ0n) is 4.89. The van der Waals surface area contributed by atoms with Crippen molar-refractivity contribution in [2.75, 3.05) is 0 Å². The van der Waals surface area contributed by atoms with Crippen molar-refractivity contribution in [2.24, 2.45) is 5.92 Å². The molecule has 0 unspecified atom stereocenters. The van der Waals surface area contributed by atoms with Crippen molar-refractivity contribution in [2.45, 2.75) is 13.8 Å². The minimum atomic E-state index is -0.991. The van der Waals surface area contributed by atoms with E-state index >= 15 is 0 Å². The molecule has 0 fully saturated rings. The molecular formula is C4H7O2Rb. The maximum absolute atomic E-state index is 9.59. The molecule has 36 valence electrons. The van der Waals surface area contributed by atoms with Gasteiger partial charge in [0.1, 0.15) is 0 Å². The van der Waals surface area contributed by atoms with Crippen LogP contribution in [0.15, 0.2) is 0 Å². The number of carboxylic acid groups (broad SMARTS) is 1. The molecule has 0 heterocycles. The summed E-state index contributed by atoms with van der Waals surface area (Å²) >= 11 is 0. The van der Waals surface area contributed by atoms with Gasteiger partial charge in [0.25, 0.3) is 0 Å². The average Bonchev–Trinajstić information content (AvgIpc) is 1.36. The third kappa shape index (κ3) is 7.28. The molecule has 0 aliphatic heterocycles. The molecule has 0 rings (SSSR count). The predicted molar refractivity (Wildman–Crippen MR) is 19.8 cm³/mol. The molecule has 0 aliphatic rings. The van der Waals surface area contributed by atoms with E-state index in [0.717, 1.165) is 0 Å². The monoisotopic (exact) mass is 172 g/mol. The van der Waals surface area contributed by atoms with Crippen molar-refractivity contribution in [1.29, 1.82) is 0 Å². The second-order valence-corrected chi connectivity index (χ2v) is 1.47. The van der Waals surface area contributed by atoms with Crippen LogP contribution in [0.3, 0.4) is 0 Å². The van der Waals surface area contributed by atoms with Crippen molar-refractivity contribution in [1.82, 2.24) is 0 Å². The Labute approximate surface area is 92.1 Å². The number of carboxylic acids is 1. The minimum absolute atomic E-state index is 0. The maximum atomic E-state index is 9.59. The molecule has 2 nitrogen and oxygen atoms in total. The molecule has 0 bridgehead atoms. The van der Waals surface area contributed by atoms with E-state index in [1.807, 2.05) is 0 Å². The molecule has 0 aliphatic carbocycles. The normalized spacial score (nSPS) is 7.86. The van der Waals surface area contributed by atoms with E-state index in [1.54, 1.807) is 13.8 Å². The van der Waals surface area contributed by atoms with Gasteiger partial charge in [-0.2, -0.15) is 0 Å². The fraction of sp³-hybridized carbons (Fsp3) is 0.750. The Hall–Kier alpha value is 1.28. The van der Waals surface area contributed by atoms with Gasteiger partial charge in [-0.05, 0) is 5.92 Å². The Bertz CT molecular complexity index is 60.7. The first-order valence-electron chi connectivity index (χ1n) is 1.85. The van der Waals surface area contributed by atoms with Gasteiger partial charge in [-0.1, -0.05) is 13.8 Å². The van der Waals surface area contributed by atoms with Crippen LogP contribution >= 0.6 is 0 Å². The van der Waals surface area contributed by atoms with Gasteiger partial charge in [0.15, 0.2) is 0 Å². The molecule has 0 aromatic heterocycles. The summed E-state index contributed by atoms with van der Waals surface area (Å²) in [4.78, 5) is 9.59. The van der Waals surface area contributed by atoms with Crippen molar-refractivity contribution >= 4 is 5.97 Å². The fourth-order valence-electron chi connectivity index (χ4n) is 0. The molecule has 0 amide bonds. The number of carbonyl (C=O) groups excluding carboxylic acids is 1. The van der Waals surface area contributed by atoms with Crippen LogP contribution in [0.25, 0.3) is 0 Å². The van der Waals surface area contributed by atoms with Gasteiger partial charge < -0.3 is 9.90 Å². The van der Waals surface area contributed by atoms with Crippen LogP contribution in [-0.2, 0) is 4.79 Å². The second-order valence-electron chi connectivity index (χ2n) is 1.47. The Morgan fingerprint density at radius 2 is 1.71 bits per heavy atom. The third-order valence-electron chi connectivity index (χ3n) is 0.471. The summed E-state index contributed by atoms with van der Waals surface area (Å²) in [6.07, 6.45) is 0. The van der Waals surface area contributed by atoms with Crippen LogP contribution in [0.4, 0.5) is 0 Å². The molecule has 0 aromatic rings. The summed E-state index contributed by atoms with van der Waals surface area (Å²) in [7, 11) is 0. The van der Waals surface area contributed by atoms with Gasteiger partial charge in [0.2, 0.25) is 0 Å². The van der Waals surface area contributed by atoms with E-state index < -0.39 is 5.97 Å². The first-order valence-corrected chi connectivity index (χ1v) is 1.85. The zero-order chi connectivity index (χ0) is 5.15. The summed E-state index contributed by atoms with van der Waals surface area (Å²) in [6, 6.07) is 0. The Kier molecular flexibility index (Phi) is 8.60. The first-order chi connectivity index (χ1) is 2.64. The molecule has 0 radical (unpaired) electrons. The van der Waals surface area contributed by atoms with Gasteiger partial charge in [-0.15, -0.1) is 0 Å². The van der Waals surface area contributed by atoms with Crippen molar-refractivity contribution in [3.05, 3.63) is 0 Å². The Morgan fingerprint density at radius 1 is 1.57 bits per heavy atom. The number of carbonyl (C=O) groups is 1. The van der Waals surface area contributed by atoms with Gasteiger partial charge in [0, 0.05) is 5.97 Å². The summed E-state index contributed by atoms with van der Waals surface area (Å²) in [5.41, 5.74) is 0. The van der Waals surface area contributed by atoms with Crippen LogP contribution in [0.2, 0.25) is 0 Å². The smallest absolute Gasteiger partial charge is 0.550 e. The van der Waals surface area contributed by atoms with Gasteiger partial charge >= 0.3 is 58.2 Å². The van der Waals surface area contributed by atoms with Crippen LogP contribution in [0.1, 0.15) is 13.8 Å². The van der Waals surface area contributed by atoms with E-state index in [0.29, 0.717) is 0 Å². The van der Waals surface area contributed by atoms with E-state index in [-0.39, 0.29) is 64.1 Å². The van der Waals surface area contributed by atoms with Crippen molar-refractivity contribution in [3.63, 3.8) is 0 Å². The molecule has 0 N–H and O–H groups in total. The largest absolute Gasteiger partial charge is 1.00 e. The molecule has 0 saturated heterocycles. The maximum Gasteiger partial charge on any atom is 1.00 e. The van der Waals surface area contributed by atoms with E-state index in [4.69, 9.17) is 0 Å². The molecule has 0 atom stereocenters. The molecule has 7 heavy (non-hydrogen) atoms. The van der Waals surface area contributed by atoms with Crippen LogP contribution < -0.4 is 63.3 Å². The first kappa shape index (κ1) is 11.1. The molecular weight excluding hydrogens is 166 g/mol. The SMILES string of the molecule is CC(C)C(=O)[O-].[Rb+]. The average molecular weight is 173 g/mol. The Balaban J connectivity index is 0. The third-order valence-corrected chi connectivity index (χ3v) is 0.471. The van der Waals surface area contributed by atoms with E-state index in [1.165, 1.54) is 0 Å². The Morgan fingerprint density at radius 3 is 1.71 bits per heavy atom. The van der Waals surface area contributed by atoms with Crippen molar-refractivity contribution < 1.29 is 68.1 Å². The van der Waals surface area contributed by atoms with E-state index in [2.05, 4.69) is 0 Å². The number of rotatable bonds is 1. The quantitative estimate of drug-likeness (QED) is 0.410. The van der Waals surface area contributed by atoms with Crippen molar-refractivity contribution in [3.8, 4) is 0 Å². The van der Waals surface area contributed by atoms with Gasteiger partial charge in [-0.25, -0.2) is 0 Å². The summed E-state index contributed by atoms with van der Waals surface area (Å²) < 4.78 is 0. The van der Waals surface area contributed by atoms with Crippen LogP contribution in [-0.4, -0.2) is 5.97 Å². The van der Waals surface area contributed by atoms with Gasteiger partial charge in [0.05, 0.1) is 0 Å². The van der Waals surface area contributed by atoms with Crippen LogP contribution in [0.5, 0.6) is 0 Å². The van der Waals surface area contributed by atoms with Gasteiger partial charge in [-0.3, -0.25) is 0 Å².